The van der Waals surface area contributed by atoms with Crippen LogP contribution in [0.25, 0.3) is 0 Å². The summed E-state index contributed by atoms with van der Waals surface area (Å²) < 4.78 is 0.848. The second-order valence-electron chi connectivity index (χ2n) is 4.10. The molecule has 1 aromatic carbocycles. The van der Waals surface area contributed by atoms with Crippen molar-refractivity contribution in [3.05, 3.63) is 32.8 Å². The maximum Gasteiger partial charge on any atom is 0.271 e. The summed E-state index contributed by atoms with van der Waals surface area (Å²) in [5, 5.41) is 17.3. The molecule has 92 valence electrons. The Kier molecular flexibility index (Phi) is 3.96. The molecule has 0 radical (unpaired) electrons. The number of hydrogen-bond acceptors (Lipinski definition) is 4. The Bertz CT molecular complexity index is 419. The monoisotopic (exact) mass is 299 g/mol. The van der Waals surface area contributed by atoms with E-state index in [1.54, 1.807) is 12.1 Å². The number of halogens is 1. The van der Waals surface area contributed by atoms with E-state index in [9.17, 15) is 10.1 Å². The number of nitro benzene ring substituents is 1. The van der Waals surface area contributed by atoms with Crippen molar-refractivity contribution >= 4 is 27.3 Å². The van der Waals surface area contributed by atoms with Crippen LogP contribution in [-0.2, 0) is 0 Å². The predicted octanol–water partition coefficient (Wildman–Crippen LogP) is 2.52. The van der Waals surface area contributed by atoms with Crippen LogP contribution in [-0.4, -0.2) is 24.1 Å². The minimum Gasteiger partial charge on any atom is -0.382 e. The highest BCUT2D eigenvalue weighted by atomic mass is 79.9. The van der Waals surface area contributed by atoms with Gasteiger partial charge in [-0.3, -0.25) is 10.1 Å². The topological polar surface area (TPSA) is 67.2 Å². The van der Waals surface area contributed by atoms with Gasteiger partial charge in [0.25, 0.3) is 5.69 Å². The standard InChI is InChI=1S/C11H14BrN3O2/c12-10-4-3-9(15(16)17)6-11(10)14-7-8-2-1-5-13-8/h3-4,6,8,13-14H,1-2,5,7H2. The third-order valence-corrected chi connectivity index (χ3v) is 3.55. The van der Waals surface area contributed by atoms with Crippen LogP contribution in [0.5, 0.6) is 0 Å². The highest BCUT2D eigenvalue weighted by molar-refractivity contribution is 9.10. The van der Waals surface area contributed by atoms with Gasteiger partial charge in [0.1, 0.15) is 0 Å². The van der Waals surface area contributed by atoms with Crippen molar-refractivity contribution in [3.8, 4) is 0 Å². The molecule has 1 aromatic rings. The Morgan fingerprint density at radius 2 is 2.41 bits per heavy atom. The van der Waals surface area contributed by atoms with Gasteiger partial charge in [-0.25, -0.2) is 0 Å². The van der Waals surface area contributed by atoms with Gasteiger partial charge in [0.2, 0.25) is 0 Å². The largest absolute Gasteiger partial charge is 0.382 e. The van der Waals surface area contributed by atoms with Gasteiger partial charge in [-0.15, -0.1) is 0 Å². The first-order valence-electron chi connectivity index (χ1n) is 5.58. The lowest BCUT2D eigenvalue weighted by Gasteiger charge is -2.13. The number of non-ortho nitro benzene ring substituents is 1. The Morgan fingerprint density at radius 1 is 1.59 bits per heavy atom. The van der Waals surface area contributed by atoms with Crippen LogP contribution < -0.4 is 10.6 Å². The van der Waals surface area contributed by atoms with Crippen LogP contribution >= 0.6 is 15.9 Å². The number of benzene rings is 1. The Morgan fingerprint density at radius 3 is 3.06 bits per heavy atom. The normalized spacial score (nSPS) is 19.2. The molecule has 1 atom stereocenters. The quantitative estimate of drug-likeness (QED) is 0.662. The smallest absolute Gasteiger partial charge is 0.271 e. The zero-order chi connectivity index (χ0) is 12.3. The minimum absolute atomic E-state index is 0.107. The summed E-state index contributed by atoms with van der Waals surface area (Å²) in [5.74, 6) is 0. The SMILES string of the molecule is O=[N+]([O-])c1ccc(Br)c(NCC2CCCN2)c1. The second kappa shape index (κ2) is 5.46. The van der Waals surface area contributed by atoms with E-state index in [-0.39, 0.29) is 10.6 Å². The number of anilines is 1. The molecule has 1 aliphatic rings. The van der Waals surface area contributed by atoms with E-state index >= 15 is 0 Å². The minimum atomic E-state index is -0.383. The molecule has 5 nitrogen and oxygen atoms in total. The van der Waals surface area contributed by atoms with Crippen molar-refractivity contribution in [2.45, 2.75) is 18.9 Å². The molecule has 0 aromatic heterocycles. The first-order chi connectivity index (χ1) is 8.16. The van der Waals surface area contributed by atoms with E-state index < -0.39 is 0 Å². The van der Waals surface area contributed by atoms with Crippen LogP contribution in [0, 0.1) is 10.1 Å². The average Bonchev–Trinajstić information content (AvgIpc) is 2.80. The fraction of sp³-hybridized carbons (Fsp3) is 0.455. The van der Waals surface area contributed by atoms with Crippen molar-refractivity contribution in [2.75, 3.05) is 18.4 Å². The van der Waals surface area contributed by atoms with Gasteiger partial charge in [-0.05, 0) is 41.4 Å². The number of nitrogens with zero attached hydrogens (tertiary/aromatic N) is 1. The predicted molar refractivity (Wildman–Crippen MR) is 70.3 cm³/mol. The third kappa shape index (κ3) is 3.17. The van der Waals surface area contributed by atoms with Crippen molar-refractivity contribution < 1.29 is 4.92 Å². The van der Waals surface area contributed by atoms with E-state index in [1.165, 1.54) is 12.5 Å². The fourth-order valence-electron chi connectivity index (χ4n) is 1.93. The van der Waals surface area contributed by atoms with Gasteiger partial charge in [0.05, 0.1) is 10.6 Å². The summed E-state index contributed by atoms with van der Waals surface area (Å²) in [7, 11) is 0. The van der Waals surface area contributed by atoms with E-state index in [0.29, 0.717) is 6.04 Å². The fourth-order valence-corrected chi connectivity index (χ4v) is 2.31. The van der Waals surface area contributed by atoms with Gasteiger partial charge >= 0.3 is 0 Å². The molecule has 0 spiro atoms. The van der Waals surface area contributed by atoms with E-state index in [2.05, 4.69) is 26.6 Å². The van der Waals surface area contributed by atoms with Gasteiger partial charge in [0.15, 0.2) is 0 Å². The molecule has 1 unspecified atom stereocenters. The van der Waals surface area contributed by atoms with Crippen LogP contribution in [0.2, 0.25) is 0 Å². The maximum absolute atomic E-state index is 10.7. The van der Waals surface area contributed by atoms with Crippen molar-refractivity contribution in [3.63, 3.8) is 0 Å². The van der Waals surface area contributed by atoms with Crippen molar-refractivity contribution in [1.29, 1.82) is 0 Å². The van der Waals surface area contributed by atoms with E-state index in [1.807, 2.05) is 0 Å². The van der Waals surface area contributed by atoms with Crippen LogP contribution in [0.15, 0.2) is 22.7 Å². The summed E-state index contributed by atoms with van der Waals surface area (Å²) in [6, 6.07) is 5.20. The van der Waals surface area contributed by atoms with Gasteiger partial charge in [0, 0.05) is 29.2 Å². The van der Waals surface area contributed by atoms with E-state index in [4.69, 9.17) is 0 Å². The highest BCUT2D eigenvalue weighted by Crippen LogP contribution is 2.27. The van der Waals surface area contributed by atoms with E-state index in [0.717, 1.165) is 29.7 Å². The molecule has 2 rings (SSSR count). The molecular formula is C11H14BrN3O2. The molecule has 0 bridgehead atoms. The molecular weight excluding hydrogens is 286 g/mol. The van der Waals surface area contributed by atoms with Crippen molar-refractivity contribution in [1.82, 2.24) is 5.32 Å². The third-order valence-electron chi connectivity index (χ3n) is 2.86. The van der Waals surface area contributed by atoms with Gasteiger partial charge < -0.3 is 10.6 Å². The number of nitro groups is 1. The average molecular weight is 300 g/mol. The summed E-state index contributed by atoms with van der Waals surface area (Å²) in [6.45, 7) is 1.85. The van der Waals surface area contributed by atoms with Crippen LogP contribution in [0.4, 0.5) is 11.4 Å². The molecule has 0 amide bonds. The second-order valence-corrected chi connectivity index (χ2v) is 4.95. The number of rotatable bonds is 4. The molecule has 0 aliphatic carbocycles. The lowest BCUT2D eigenvalue weighted by atomic mass is 10.2. The van der Waals surface area contributed by atoms with Crippen LogP contribution in [0.1, 0.15) is 12.8 Å². The summed E-state index contributed by atoms with van der Waals surface area (Å²) in [6.07, 6.45) is 2.35. The molecule has 1 aliphatic heterocycles. The molecule has 1 heterocycles. The zero-order valence-corrected chi connectivity index (χ0v) is 10.9. The molecule has 1 fully saturated rings. The van der Waals surface area contributed by atoms with Gasteiger partial charge in [-0.2, -0.15) is 0 Å². The zero-order valence-electron chi connectivity index (χ0n) is 9.28. The summed E-state index contributed by atoms with van der Waals surface area (Å²) in [5.41, 5.74) is 0.878. The number of nitrogens with one attached hydrogen (secondary N) is 2. The highest BCUT2D eigenvalue weighted by Gasteiger charge is 2.15. The Balaban J connectivity index is 2.03. The van der Waals surface area contributed by atoms with Crippen molar-refractivity contribution in [2.24, 2.45) is 0 Å². The molecule has 6 heteroatoms. The Labute approximate surface area is 108 Å². The first kappa shape index (κ1) is 12.3. The Hall–Kier alpha value is -1.14. The molecule has 1 saturated heterocycles. The molecule has 2 N–H and O–H groups in total. The first-order valence-corrected chi connectivity index (χ1v) is 6.37. The molecule has 0 saturated carbocycles. The lowest BCUT2D eigenvalue weighted by Crippen LogP contribution is -2.29. The summed E-state index contributed by atoms with van der Waals surface area (Å²) >= 11 is 3.38. The number of hydrogen-bond donors (Lipinski definition) is 2. The maximum atomic E-state index is 10.7. The van der Waals surface area contributed by atoms with Gasteiger partial charge in [-0.1, -0.05) is 0 Å². The van der Waals surface area contributed by atoms with Crippen LogP contribution in [0.3, 0.4) is 0 Å². The molecule has 17 heavy (non-hydrogen) atoms. The lowest BCUT2D eigenvalue weighted by molar-refractivity contribution is -0.384. The summed E-state index contributed by atoms with van der Waals surface area (Å²) in [4.78, 5) is 10.3.